The monoisotopic (exact) mass is 396 g/mol. The minimum Gasteiger partial charge on any atom is -0.496 e. The van der Waals surface area contributed by atoms with Crippen LogP contribution in [-0.2, 0) is 19.5 Å². The van der Waals surface area contributed by atoms with Gasteiger partial charge in [0.15, 0.2) is 0 Å². The van der Waals surface area contributed by atoms with E-state index in [2.05, 4.69) is 25.9 Å². The molecule has 7 heteroatoms. The van der Waals surface area contributed by atoms with Gasteiger partial charge in [-0.05, 0) is 36.8 Å². The Balaban J connectivity index is 1.51. The van der Waals surface area contributed by atoms with Crippen molar-refractivity contribution in [3.05, 3.63) is 74.6 Å². The molecule has 0 atom stereocenters. The molecular formula is C21H21ClN4O2. The molecule has 1 aromatic carbocycles. The van der Waals surface area contributed by atoms with Crippen molar-refractivity contribution in [1.29, 1.82) is 0 Å². The normalized spacial score (nSPS) is 14.0. The first-order valence-corrected chi connectivity index (χ1v) is 9.51. The topological polar surface area (TPSA) is 71.1 Å². The van der Waals surface area contributed by atoms with E-state index in [1.165, 1.54) is 0 Å². The molecule has 1 aliphatic rings. The van der Waals surface area contributed by atoms with Gasteiger partial charge in [-0.25, -0.2) is 4.98 Å². The fraction of sp³-hybridized carbons (Fsp3) is 0.286. The summed E-state index contributed by atoms with van der Waals surface area (Å²) < 4.78 is 5.41. The van der Waals surface area contributed by atoms with Crippen molar-refractivity contribution in [2.75, 3.05) is 13.7 Å². The molecular weight excluding hydrogens is 376 g/mol. The first-order chi connectivity index (χ1) is 13.5. The molecule has 144 valence electrons. The lowest BCUT2D eigenvalue weighted by molar-refractivity contribution is 0.241. The third-order valence-electron chi connectivity index (χ3n) is 4.93. The second kappa shape index (κ2) is 7.73. The van der Waals surface area contributed by atoms with Crippen LogP contribution in [0.1, 0.15) is 22.6 Å². The van der Waals surface area contributed by atoms with Crippen molar-refractivity contribution in [2.45, 2.75) is 26.4 Å². The summed E-state index contributed by atoms with van der Waals surface area (Å²) in [6, 6.07) is 9.51. The molecule has 3 aromatic rings. The molecule has 0 unspecified atom stereocenters. The van der Waals surface area contributed by atoms with E-state index in [1.807, 2.05) is 31.3 Å². The number of nitrogens with one attached hydrogen (secondary N) is 1. The lowest BCUT2D eigenvalue weighted by Crippen LogP contribution is -2.35. The van der Waals surface area contributed by atoms with Crippen molar-refractivity contribution in [3.63, 3.8) is 0 Å². The van der Waals surface area contributed by atoms with Crippen LogP contribution in [0, 0.1) is 6.92 Å². The van der Waals surface area contributed by atoms with E-state index in [9.17, 15) is 4.79 Å². The predicted octanol–water partition coefficient (Wildman–Crippen LogP) is 3.36. The minimum absolute atomic E-state index is 0.0336. The summed E-state index contributed by atoms with van der Waals surface area (Å²) >= 11 is 6.12. The molecule has 0 radical (unpaired) electrons. The number of aryl methyl sites for hydroxylation is 1. The highest BCUT2D eigenvalue weighted by Crippen LogP contribution is 2.31. The van der Waals surface area contributed by atoms with Crippen molar-refractivity contribution in [1.82, 2.24) is 19.9 Å². The van der Waals surface area contributed by atoms with Gasteiger partial charge >= 0.3 is 0 Å². The molecule has 0 fully saturated rings. The summed E-state index contributed by atoms with van der Waals surface area (Å²) in [4.78, 5) is 26.3. The number of methoxy groups -OCH3 is 1. The summed E-state index contributed by atoms with van der Waals surface area (Å²) in [5, 5.41) is 0.641. The van der Waals surface area contributed by atoms with Crippen LogP contribution in [0.25, 0.3) is 11.3 Å². The van der Waals surface area contributed by atoms with Gasteiger partial charge in [-0.1, -0.05) is 17.7 Å². The van der Waals surface area contributed by atoms with Gasteiger partial charge in [0.2, 0.25) is 0 Å². The molecule has 1 aliphatic heterocycles. The van der Waals surface area contributed by atoms with Gasteiger partial charge in [0.05, 0.1) is 24.1 Å². The van der Waals surface area contributed by atoms with E-state index in [1.54, 1.807) is 13.2 Å². The largest absolute Gasteiger partial charge is 0.496 e. The third-order valence-corrected chi connectivity index (χ3v) is 5.17. The zero-order valence-electron chi connectivity index (χ0n) is 15.8. The first-order valence-electron chi connectivity index (χ1n) is 9.13. The lowest BCUT2D eigenvalue weighted by Gasteiger charge is -2.27. The number of H-pyrrole nitrogens is 1. The quantitative estimate of drug-likeness (QED) is 0.732. The third kappa shape index (κ3) is 3.79. The molecule has 0 bridgehead atoms. The number of ether oxygens (including phenoxy) is 1. The highest BCUT2D eigenvalue weighted by Gasteiger charge is 2.20. The smallest absolute Gasteiger partial charge is 0.255 e. The summed E-state index contributed by atoms with van der Waals surface area (Å²) in [6.45, 7) is 4.01. The second-order valence-corrected chi connectivity index (χ2v) is 7.37. The van der Waals surface area contributed by atoms with Crippen LogP contribution in [-0.4, -0.2) is 33.5 Å². The van der Waals surface area contributed by atoms with Gasteiger partial charge in [-0.3, -0.25) is 14.7 Å². The van der Waals surface area contributed by atoms with Gasteiger partial charge in [0, 0.05) is 42.8 Å². The molecule has 2 aromatic heterocycles. The Morgan fingerprint density at radius 2 is 2.14 bits per heavy atom. The zero-order valence-corrected chi connectivity index (χ0v) is 16.6. The molecule has 28 heavy (non-hydrogen) atoms. The Morgan fingerprint density at radius 1 is 1.29 bits per heavy atom. The Labute approximate surface area is 168 Å². The van der Waals surface area contributed by atoms with Crippen LogP contribution in [0.2, 0.25) is 5.02 Å². The zero-order chi connectivity index (χ0) is 19.7. The minimum atomic E-state index is -0.0336. The second-order valence-electron chi connectivity index (χ2n) is 6.93. The summed E-state index contributed by atoms with van der Waals surface area (Å²) in [5.41, 5.74) is 4.41. The van der Waals surface area contributed by atoms with E-state index in [0.29, 0.717) is 17.4 Å². The van der Waals surface area contributed by atoms with Crippen LogP contribution in [0.15, 0.2) is 41.3 Å². The highest BCUT2D eigenvalue weighted by molar-refractivity contribution is 6.30. The Morgan fingerprint density at radius 3 is 2.89 bits per heavy atom. The number of pyridine rings is 1. The van der Waals surface area contributed by atoms with Crippen LogP contribution in [0.5, 0.6) is 5.75 Å². The van der Waals surface area contributed by atoms with E-state index in [4.69, 9.17) is 16.3 Å². The number of aromatic nitrogens is 3. The lowest BCUT2D eigenvalue weighted by atomic mass is 10.1. The van der Waals surface area contributed by atoms with E-state index >= 15 is 0 Å². The number of hydrogen-bond donors (Lipinski definition) is 1. The highest BCUT2D eigenvalue weighted by atomic mass is 35.5. The molecule has 3 heterocycles. The predicted molar refractivity (Wildman–Crippen MR) is 109 cm³/mol. The number of hydrogen-bond acceptors (Lipinski definition) is 5. The fourth-order valence-electron chi connectivity index (χ4n) is 3.56. The number of nitrogens with zero attached hydrogens (tertiary/aromatic N) is 3. The number of aromatic amines is 1. The first kappa shape index (κ1) is 18.7. The summed E-state index contributed by atoms with van der Waals surface area (Å²) in [5.74, 6) is 1.41. The number of rotatable bonds is 4. The van der Waals surface area contributed by atoms with Crippen LogP contribution < -0.4 is 10.3 Å². The average molecular weight is 397 g/mol. The molecule has 0 spiro atoms. The maximum absolute atomic E-state index is 12.2. The molecule has 0 aliphatic carbocycles. The van der Waals surface area contributed by atoms with Gasteiger partial charge in [-0.15, -0.1) is 0 Å². The molecule has 1 N–H and O–H groups in total. The van der Waals surface area contributed by atoms with Gasteiger partial charge < -0.3 is 9.72 Å². The molecule has 0 saturated carbocycles. The van der Waals surface area contributed by atoms with Gasteiger partial charge in [0.1, 0.15) is 11.6 Å². The average Bonchev–Trinajstić information content (AvgIpc) is 2.69. The molecule has 4 rings (SSSR count). The molecule has 0 saturated heterocycles. The maximum Gasteiger partial charge on any atom is 0.255 e. The fourth-order valence-corrected chi connectivity index (χ4v) is 3.73. The SMILES string of the molecule is COc1ccc(Cl)cc1-c1ccc(CN2CCc3nc(C)[nH]c(=O)c3C2)cn1. The van der Waals surface area contributed by atoms with Crippen LogP contribution >= 0.6 is 11.6 Å². The molecule has 6 nitrogen and oxygen atoms in total. The summed E-state index contributed by atoms with van der Waals surface area (Å²) in [7, 11) is 1.63. The number of benzene rings is 1. The van der Waals surface area contributed by atoms with Crippen molar-refractivity contribution in [2.24, 2.45) is 0 Å². The Kier molecular flexibility index (Phi) is 5.15. The number of halogens is 1. The standard InChI is InChI=1S/C21H21ClN4O2/c1-13-24-19-7-8-26(12-17(19)21(27)25-13)11-14-3-5-18(23-10-14)16-9-15(22)4-6-20(16)28-2/h3-6,9-10H,7-8,11-12H2,1-2H3,(H,24,25,27). The Bertz CT molecular complexity index is 1060. The van der Waals surface area contributed by atoms with Gasteiger partial charge in [-0.2, -0.15) is 0 Å². The van der Waals surface area contributed by atoms with Crippen LogP contribution in [0.4, 0.5) is 0 Å². The number of fused-ring (bicyclic) bond motifs is 1. The van der Waals surface area contributed by atoms with E-state index in [0.717, 1.165) is 53.3 Å². The van der Waals surface area contributed by atoms with Gasteiger partial charge in [0.25, 0.3) is 5.56 Å². The maximum atomic E-state index is 12.2. The van der Waals surface area contributed by atoms with E-state index < -0.39 is 0 Å². The van der Waals surface area contributed by atoms with Crippen molar-refractivity contribution >= 4 is 11.6 Å². The summed E-state index contributed by atoms with van der Waals surface area (Å²) in [6.07, 6.45) is 2.65. The molecule has 0 amide bonds. The van der Waals surface area contributed by atoms with Crippen molar-refractivity contribution in [3.8, 4) is 17.0 Å². The Hall–Kier alpha value is -2.70. The van der Waals surface area contributed by atoms with Crippen LogP contribution in [0.3, 0.4) is 0 Å². The van der Waals surface area contributed by atoms with Crippen molar-refractivity contribution < 1.29 is 4.74 Å². The van der Waals surface area contributed by atoms with E-state index in [-0.39, 0.29) is 5.56 Å².